The molecular weight excluding hydrogens is 220 g/mol. The van der Waals surface area contributed by atoms with Gasteiger partial charge in [0.05, 0.1) is 0 Å². The molecule has 2 N–H and O–H groups in total. The number of aliphatic carboxylic acids is 1. The summed E-state index contributed by atoms with van der Waals surface area (Å²) in [6.45, 7) is 0. The third-order valence-electron chi connectivity index (χ3n) is 1.59. The Morgan fingerprint density at radius 3 is 2.67 bits per heavy atom. The van der Waals surface area contributed by atoms with Gasteiger partial charge >= 0.3 is 5.97 Å². The van der Waals surface area contributed by atoms with Crippen molar-refractivity contribution >= 4 is 28.5 Å². The third kappa shape index (κ3) is 5.01. The van der Waals surface area contributed by atoms with Crippen molar-refractivity contribution in [2.24, 2.45) is 0 Å². The molecule has 1 heterocycles. The van der Waals surface area contributed by atoms with Gasteiger partial charge in [0.1, 0.15) is 0 Å². The molecule has 0 aromatic carbocycles. The summed E-state index contributed by atoms with van der Waals surface area (Å²) in [5.74, 6) is -1.04. The first-order valence-corrected chi connectivity index (χ1v) is 5.12. The maximum atomic E-state index is 11.2. The van der Waals surface area contributed by atoms with Gasteiger partial charge in [-0.2, -0.15) is 0 Å². The summed E-state index contributed by atoms with van der Waals surface area (Å²) in [7, 11) is 0. The van der Waals surface area contributed by atoms with E-state index < -0.39 is 5.97 Å². The highest BCUT2D eigenvalue weighted by Gasteiger charge is 2.05. The summed E-state index contributed by atoms with van der Waals surface area (Å²) in [4.78, 5) is 21.4. The molecule has 15 heavy (non-hydrogen) atoms. The highest BCUT2D eigenvalue weighted by atomic mass is 32.1. The number of carbonyl (C=O) groups excluding carboxylic acids is 1. The summed E-state index contributed by atoms with van der Waals surface area (Å²) in [6, 6.07) is 0. The summed E-state index contributed by atoms with van der Waals surface area (Å²) in [5, 5.41) is 18.1. The number of nitrogens with zero attached hydrogens (tertiary/aromatic N) is 3. The van der Waals surface area contributed by atoms with Crippen LogP contribution in [-0.4, -0.2) is 31.8 Å². The van der Waals surface area contributed by atoms with Gasteiger partial charge in [-0.15, -0.1) is 0 Å². The van der Waals surface area contributed by atoms with Crippen LogP contribution in [0.3, 0.4) is 0 Å². The van der Waals surface area contributed by atoms with E-state index in [1.807, 2.05) is 0 Å². The van der Waals surface area contributed by atoms with Crippen LogP contribution in [0.1, 0.15) is 25.7 Å². The molecule has 8 heteroatoms. The predicted molar refractivity (Wildman–Crippen MR) is 52.4 cm³/mol. The van der Waals surface area contributed by atoms with Gasteiger partial charge in [0.15, 0.2) is 0 Å². The number of unbranched alkanes of at least 4 members (excludes halogenated alkanes) is 1. The molecule has 0 aliphatic carbocycles. The quantitative estimate of drug-likeness (QED) is 0.690. The van der Waals surface area contributed by atoms with Crippen molar-refractivity contribution in [1.29, 1.82) is 0 Å². The van der Waals surface area contributed by atoms with Crippen molar-refractivity contribution in [2.45, 2.75) is 25.7 Å². The largest absolute Gasteiger partial charge is 0.481 e. The molecule has 1 rings (SSSR count). The van der Waals surface area contributed by atoms with Crippen LogP contribution in [0.4, 0.5) is 5.13 Å². The Kier molecular flexibility index (Phi) is 4.61. The highest BCUT2D eigenvalue weighted by molar-refractivity contribution is 7.09. The number of aromatic nitrogens is 3. The second kappa shape index (κ2) is 6.02. The molecule has 0 bridgehead atoms. The van der Waals surface area contributed by atoms with Crippen molar-refractivity contribution in [2.75, 3.05) is 5.32 Å². The van der Waals surface area contributed by atoms with Crippen LogP contribution in [0.25, 0.3) is 0 Å². The Bertz CT molecular complexity index is 327. The molecular formula is C7H10N4O3S. The number of anilines is 1. The molecule has 0 unspecified atom stereocenters. The van der Waals surface area contributed by atoms with E-state index in [0.29, 0.717) is 18.0 Å². The molecule has 0 fully saturated rings. The molecule has 1 aromatic heterocycles. The molecule has 0 radical (unpaired) electrons. The molecule has 0 aliphatic rings. The first kappa shape index (κ1) is 11.5. The normalized spacial score (nSPS) is 9.87. The molecule has 0 atom stereocenters. The average Bonchev–Trinajstić information content (AvgIpc) is 2.64. The minimum absolute atomic E-state index is 0.0909. The van der Waals surface area contributed by atoms with E-state index in [0.717, 1.165) is 11.5 Å². The van der Waals surface area contributed by atoms with Crippen molar-refractivity contribution in [3.8, 4) is 0 Å². The molecule has 7 nitrogen and oxygen atoms in total. The third-order valence-corrected chi connectivity index (χ3v) is 2.10. The van der Waals surface area contributed by atoms with Crippen molar-refractivity contribution in [1.82, 2.24) is 14.8 Å². The van der Waals surface area contributed by atoms with Crippen LogP contribution in [-0.2, 0) is 9.59 Å². The lowest BCUT2D eigenvalue weighted by Crippen LogP contribution is -2.11. The number of carboxylic acids is 1. The number of hydrogen-bond acceptors (Lipinski definition) is 6. The van der Waals surface area contributed by atoms with Gasteiger partial charge < -0.3 is 5.11 Å². The van der Waals surface area contributed by atoms with Gasteiger partial charge in [0.25, 0.3) is 0 Å². The first-order valence-electron chi connectivity index (χ1n) is 4.35. The minimum Gasteiger partial charge on any atom is -0.481 e. The zero-order valence-electron chi connectivity index (χ0n) is 7.84. The summed E-state index contributed by atoms with van der Waals surface area (Å²) < 4.78 is 3.48. The van der Waals surface area contributed by atoms with Crippen LogP contribution in [0.2, 0.25) is 0 Å². The molecule has 0 saturated carbocycles. The lowest BCUT2D eigenvalue weighted by atomic mass is 10.2. The fourth-order valence-electron chi connectivity index (χ4n) is 0.925. The Labute approximate surface area is 89.7 Å². The second-order valence-electron chi connectivity index (χ2n) is 2.82. The lowest BCUT2D eigenvalue weighted by Gasteiger charge is -1.99. The topological polar surface area (TPSA) is 105 Å². The summed E-state index contributed by atoms with van der Waals surface area (Å²) in [6.07, 6.45) is 1.42. The van der Waals surface area contributed by atoms with E-state index in [4.69, 9.17) is 5.11 Å². The van der Waals surface area contributed by atoms with E-state index in [1.165, 1.54) is 0 Å². The number of nitrogens with one attached hydrogen (secondary N) is 1. The Morgan fingerprint density at radius 2 is 2.07 bits per heavy atom. The Hall–Kier alpha value is -1.57. The van der Waals surface area contributed by atoms with Crippen LogP contribution in [0.5, 0.6) is 0 Å². The van der Waals surface area contributed by atoms with Crippen LogP contribution in [0.15, 0.2) is 0 Å². The first-order chi connectivity index (χ1) is 7.18. The fourth-order valence-corrected chi connectivity index (χ4v) is 1.31. The van der Waals surface area contributed by atoms with E-state index in [2.05, 4.69) is 20.1 Å². The maximum Gasteiger partial charge on any atom is 0.303 e. The van der Waals surface area contributed by atoms with E-state index >= 15 is 0 Å². The van der Waals surface area contributed by atoms with Gasteiger partial charge in [-0.25, -0.2) is 0 Å². The zero-order chi connectivity index (χ0) is 11.1. The average molecular weight is 230 g/mol. The van der Waals surface area contributed by atoms with Gasteiger partial charge in [-0.3, -0.25) is 14.9 Å². The number of hydrogen-bond donors (Lipinski definition) is 2. The van der Waals surface area contributed by atoms with E-state index in [9.17, 15) is 9.59 Å². The highest BCUT2D eigenvalue weighted by Crippen LogP contribution is 2.07. The van der Waals surface area contributed by atoms with Gasteiger partial charge in [-0.1, -0.05) is 9.59 Å². The predicted octanol–water partition coefficient (Wildman–Crippen LogP) is 0.517. The van der Waals surface area contributed by atoms with Gasteiger partial charge in [0, 0.05) is 24.4 Å². The van der Waals surface area contributed by atoms with Crippen molar-refractivity contribution in [3.05, 3.63) is 0 Å². The molecule has 1 aromatic rings. The number of carboxylic acid groups (broad SMARTS) is 1. The van der Waals surface area contributed by atoms with E-state index in [-0.39, 0.29) is 18.7 Å². The molecule has 82 valence electrons. The summed E-state index contributed by atoms with van der Waals surface area (Å²) in [5.41, 5.74) is 0. The standard InChI is InChI=1S/C7H10N4O3S/c12-5(3-1-2-4-6(13)14)8-7-9-10-11-15-7/h1-4H2,(H,13,14)(H,8,9,11,12). The molecule has 0 spiro atoms. The monoisotopic (exact) mass is 230 g/mol. The maximum absolute atomic E-state index is 11.2. The second-order valence-corrected chi connectivity index (χ2v) is 3.55. The number of amides is 1. The Morgan fingerprint density at radius 1 is 1.33 bits per heavy atom. The fraction of sp³-hybridized carbons (Fsp3) is 0.571. The number of rotatable bonds is 6. The molecule has 0 saturated heterocycles. The van der Waals surface area contributed by atoms with Crippen LogP contribution in [0, 0.1) is 0 Å². The molecule has 0 aliphatic heterocycles. The van der Waals surface area contributed by atoms with Gasteiger partial charge in [0.2, 0.25) is 11.0 Å². The SMILES string of the molecule is O=C(O)CCCCC(=O)Nc1nnns1. The van der Waals surface area contributed by atoms with Gasteiger partial charge in [-0.05, 0) is 18.1 Å². The zero-order valence-corrected chi connectivity index (χ0v) is 8.66. The van der Waals surface area contributed by atoms with Crippen molar-refractivity contribution in [3.63, 3.8) is 0 Å². The van der Waals surface area contributed by atoms with Crippen LogP contribution < -0.4 is 5.32 Å². The lowest BCUT2D eigenvalue weighted by molar-refractivity contribution is -0.137. The van der Waals surface area contributed by atoms with E-state index in [1.54, 1.807) is 0 Å². The van der Waals surface area contributed by atoms with Crippen LogP contribution >= 0.6 is 11.5 Å². The smallest absolute Gasteiger partial charge is 0.303 e. The summed E-state index contributed by atoms with van der Waals surface area (Å²) >= 11 is 0.997. The van der Waals surface area contributed by atoms with Crippen molar-refractivity contribution < 1.29 is 14.7 Å². The molecule has 1 amide bonds. The minimum atomic E-state index is -0.844. The number of carbonyl (C=O) groups is 2. The Balaban J connectivity index is 2.11.